The predicted molar refractivity (Wildman–Crippen MR) is 188 cm³/mol. The minimum absolute atomic E-state index is 0.000215. The van der Waals surface area contributed by atoms with Crippen molar-refractivity contribution in [1.82, 2.24) is 4.90 Å². The van der Waals surface area contributed by atoms with E-state index in [1.54, 1.807) is 0 Å². The highest BCUT2D eigenvalue weighted by Gasteiger charge is 2.13. The van der Waals surface area contributed by atoms with Crippen molar-refractivity contribution < 1.29 is 19.1 Å². The Morgan fingerprint density at radius 1 is 0.500 bits per heavy atom. The number of ether oxygens (including phenoxy) is 2. The SMILES string of the molecule is CCCCCC(CC)OC(=O)CCCCCCCCN(CCCCN)CCCCCCCCC(=O)OC(CC)CCCCC. The summed E-state index contributed by atoms with van der Waals surface area (Å²) in [5.41, 5.74) is 5.75. The van der Waals surface area contributed by atoms with Crippen molar-refractivity contribution in [2.75, 3.05) is 26.2 Å². The average Bonchev–Trinajstić information content (AvgIpc) is 3.02. The van der Waals surface area contributed by atoms with Crippen LogP contribution in [0.5, 0.6) is 0 Å². The van der Waals surface area contributed by atoms with E-state index >= 15 is 0 Å². The molecule has 0 radical (unpaired) electrons. The summed E-state index contributed by atoms with van der Waals surface area (Å²) < 4.78 is 11.4. The number of unbranched alkanes of at least 4 members (excludes halogenated alkanes) is 15. The number of rotatable bonds is 34. The van der Waals surface area contributed by atoms with Crippen LogP contribution in [0.15, 0.2) is 0 Å². The standard InChI is InChI=1S/C38H76N2O4/c1-5-9-19-27-35(7-3)43-37(41)29-21-15-11-13-17-24-32-40(34-26-23-31-39)33-25-18-14-12-16-22-30-38(42)44-36(8-4)28-20-10-6-2/h35-36H,5-34,39H2,1-4H3. The number of carbonyl (C=O) groups excluding carboxylic acids is 2. The first-order valence-corrected chi connectivity index (χ1v) is 19.3. The molecule has 262 valence electrons. The van der Waals surface area contributed by atoms with Gasteiger partial charge in [-0.25, -0.2) is 0 Å². The molecule has 2 unspecified atom stereocenters. The molecule has 0 aliphatic rings. The van der Waals surface area contributed by atoms with Gasteiger partial charge in [0.25, 0.3) is 0 Å². The average molecular weight is 625 g/mol. The zero-order valence-corrected chi connectivity index (χ0v) is 30.0. The number of hydrogen-bond donors (Lipinski definition) is 1. The fourth-order valence-electron chi connectivity index (χ4n) is 5.87. The number of esters is 2. The summed E-state index contributed by atoms with van der Waals surface area (Å²) in [4.78, 5) is 27.0. The van der Waals surface area contributed by atoms with Gasteiger partial charge in [-0.3, -0.25) is 9.59 Å². The van der Waals surface area contributed by atoms with Gasteiger partial charge in [0, 0.05) is 12.8 Å². The summed E-state index contributed by atoms with van der Waals surface area (Å²) in [7, 11) is 0. The topological polar surface area (TPSA) is 81.9 Å². The number of hydrogen-bond acceptors (Lipinski definition) is 6. The molecule has 0 aromatic rings. The molecule has 0 saturated heterocycles. The van der Waals surface area contributed by atoms with Gasteiger partial charge in [-0.15, -0.1) is 0 Å². The maximum absolute atomic E-state index is 12.2. The van der Waals surface area contributed by atoms with Gasteiger partial charge in [-0.05, 0) is 103 Å². The number of nitrogens with two attached hydrogens (primary N) is 1. The van der Waals surface area contributed by atoms with Crippen molar-refractivity contribution in [3.8, 4) is 0 Å². The van der Waals surface area contributed by atoms with Crippen molar-refractivity contribution >= 4 is 11.9 Å². The lowest BCUT2D eigenvalue weighted by molar-refractivity contribution is -0.150. The maximum atomic E-state index is 12.2. The molecule has 6 nitrogen and oxygen atoms in total. The smallest absolute Gasteiger partial charge is 0.306 e. The Labute approximate surface area is 274 Å². The summed E-state index contributed by atoms with van der Waals surface area (Å²) in [6.45, 7) is 13.0. The molecular formula is C38H76N2O4. The summed E-state index contributed by atoms with van der Waals surface area (Å²) in [5, 5.41) is 0. The molecule has 44 heavy (non-hydrogen) atoms. The Bertz CT molecular complexity index is 582. The Balaban J connectivity index is 3.92. The highest BCUT2D eigenvalue weighted by molar-refractivity contribution is 5.69. The molecule has 0 aliphatic heterocycles. The van der Waals surface area contributed by atoms with E-state index in [-0.39, 0.29) is 24.1 Å². The van der Waals surface area contributed by atoms with Crippen LogP contribution in [0.3, 0.4) is 0 Å². The lowest BCUT2D eigenvalue weighted by Crippen LogP contribution is -2.27. The second-order valence-electron chi connectivity index (χ2n) is 13.1. The first-order valence-electron chi connectivity index (χ1n) is 19.3. The minimum Gasteiger partial charge on any atom is -0.462 e. The van der Waals surface area contributed by atoms with E-state index in [0.29, 0.717) is 12.8 Å². The third kappa shape index (κ3) is 28.3. The van der Waals surface area contributed by atoms with Gasteiger partial charge in [0.2, 0.25) is 0 Å². The summed E-state index contributed by atoms with van der Waals surface area (Å²) in [5.74, 6) is -0.000429. The van der Waals surface area contributed by atoms with Crippen LogP contribution in [0.25, 0.3) is 0 Å². The summed E-state index contributed by atoms with van der Waals surface area (Å²) >= 11 is 0. The molecule has 0 aliphatic carbocycles. The van der Waals surface area contributed by atoms with E-state index in [1.165, 1.54) is 96.6 Å². The van der Waals surface area contributed by atoms with Crippen LogP contribution in [0.2, 0.25) is 0 Å². The Morgan fingerprint density at radius 3 is 1.23 bits per heavy atom. The molecule has 0 bridgehead atoms. The van der Waals surface area contributed by atoms with Gasteiger partial charge in [0.15, 0.2) is 0 Å². The molecule has 0 rings (SSSR count). The third-order valence-electron chi connectivity index (χ3n) is 8.91. The molecule has 0 aromatic heterocycles. The highest BCUT2D eigenvalue weighted by Crippen LogP contribution is 2.15. The second-order valence-corrected chi connectivity index (χ2v) is 13.1. The van der Waals surface area contributed by atoms with Crippen LogP contribution >= 0.6 is 0 Å². The van der Waals surface area contributed by atoms with Crippen LogP contribution < -0.4 is 5.73 Å². The molecule has 0 aromatic carbocycles. The molecule has 2 atom stereocenters. The van der Waals surface area contributed by atoms with Crippen molar-refractivity contribution in [3.05, 3.63) is 0 Å². The minimum atomic E-state index is -0.000215. The van der Waals surface area contributed by atoms with E-state index in [0.717, 1.165) is 83.7 Å². The first-order chi connectivity index (χ1) is 21.5. The first kappa shape index (κ1) is 42.9. The fourth-order valence-corrected chi connectivity index (χ4v) is 5.87. The van der Waals surface area contributed by atoms with Crippen molar-refractivity contribution in [3.63, 3.8) is 0 Å². The van der Waals surface area contributed by atoms with Gasteiger partial charge >= 0.3 is 11.9 Å². The van der Waals surface area contributed by atoms with E-state index in [9.17, 15) is 9.59 Å². The van der Waals surface area contributed by atoms with E-state index in [2.05, 4.69) is 32.6 Å². The molecule has 2 N–H and O–H groups in total. The zero-order valence-electron chi connectivity index (χ0n) is 30.0. The second kappa shape index (κ2) is 33.2. The largest absolute Gasteiger partial charge is 0.462 e. The van der Waals surface area contributed by atoms with Crippen molar-refractivity contribution in [1.29, 1.82) is 0 Å². The molecule has 0 amide bonds. The van der Waals surface area contributed by atoms with Crippen LogP contribution in [0, 0.1) is 0 Å². The Kier molecular flexibility index (Phi) is 32.4. The number of carbonyl (C=O) groups is 2. The van der Waals surface area contributed by atoms with E-state index < -0.39 is 0 Å². The molecular weight excluding hydrogens is 548 g/mol. The van der Waals surface area contributed by atoms with Crippen LogP contribution in [-0.4, -0.2) is 55.2 Å². The normalized spacial score (nSPS) is 12.9. The van der Waals surface area contributed by atoms with Gasteiger partial charge in [0.1, 0.15) is 12.2 Å². The lowest BCUT2D eigenvalue weighted by Gasteiger charge is -2.22. The van der Waals surface area contributed by atoms with Gasteiger partial charge in [-0.1, -0.05) is 105 Å². The summed E-state index contributed by atoms with van der Waals surface area (Å²) in [6, 6.07) is 0. The van der Waals surface area contributed by atoms with Crippen LogP contribution in [-0.2, 0) is 19.1 Å². The van der Waals surface area contributed by atoms with Crippen molar-refractivity contribution in [2.45, 2.75) is 207 Å². The third-order valence-corrected chi connectivity index (χ3v) is 8.91. The molecule has 6 heteroatoms. The maximum Gasteiger partial charge on any atom is 0.306 e. The molecule has 0 fully saturated rings. The molecule has 0 saturated carbocycles. The Hall–Kier alpha value is -1.14. The predicted octanol–water partition coefficient (Wildman–Crippen LogP) is 10.3. The highest BCUT2D eigenvalue weighted by atomic mass is 16.5. The number of nitrogens with zero attached hydrogens (tertiary/aromatic N) is 1. The van der Waals surface area contributed by atoms with Gasteiger partial charge in [-0.2, -0.15) is 0 Å². The Morgan fingerprint density at radius 2 is 0.864 bits per heavy atom. The monoisotopic (exact) mass is 625 g/mol. The lowest BCUT2D eigenvalue weighted by atomic mass is 10.1. The van der Waals surface area contributed by atoms with E-state index in [1.807, 2.05) is 0 Å². The summed E-state index contributed by atoms with van der Waals surface area (Å²) in [6.07, 6.45) is 28.9. The molecule has 0 heterocycles. The van der Waals surface area contributed by atoms with Gasteiger partial charge in [0.05, 0.1) is 0 Å². The quantitative estimate of drug-likeness (QED) is 0.0567. The molecule has 0 spiro atoms. The van der Waals surface area contributed by atoms with Gasteiger partial charge < -0.3 is 20.1 Å². The van der Waals surface area contributed by atoms with Crippen LogP contribution in [0.1, 0.15) is 195 Å². The van der Waals surface area contributed by atoms with E-state index in [4.69, 9.17) is 15.2 Å². The van der Waals surface area contributed by atoms with Crippen LogP contribution in [0.4, 0.5) is 0 Å². The zero-order chi connectivity index (χ0) is 32.5. The fraction of sp³-hybridized carbons (Fsp3) is 0.947. The van der Waals surface area contributed by atoms with Crippen molar-refractivity contribution in [2.24, 2.45) is 5.73 Å².